The predicted molar refractivity (Wildman–Crippen MR) is 133 cm³/mol. The summed E-state index contributed by atoms with van der Waals surface area (Å²) in [6, 6.07) is 0. The van der Waals surface area contributed by atoms with Crippen molar-refractivity contribution in [2.75, 3.05) is 13.2 Å². The molecule has 7 N–H and O–H groups in total. The molecule has 0 aromatic rings. The topological polar surface area (TPSA) is 179 Å². The molecular weight excluding hydrogens is 488 g/mol. The average molecular weight is 539 g/mol. The molecule has 0 aliphatic carbocycles. The van der Waals surface area contributed by atoms with E-state index in [-0.39, 0.29) is 6.10 Å². The lowest BCUT2D eigenvalue weighted by atomic mass is 9.97. The summed E-state index contributed by atoms with van der Waals surface area (Å²) in [5.74, 6) is 0. The minimum absolute atomic E-state index is 0.196. The van der Waals surface area contributed by atoms with E-state index < -0.39 is 74.6 Å². The minimum Gasteiger partial charge on any atom is -0.394 e. The highest BCUT2D eigenvalue weighted by Gasteiger charge is 2.50. The molecule has 11 atom stereocenters. The van der Waals surface area contributed by atoms with Crippen molar-refractivity contribution in [3.63, 3.8) is 0 Å². The van der Waals surface area contributed by atoms with Crippen LogP contribution in [-0.2, 0) is 18.9 Å². The molecule has 2 aliphatic heterocycles. The maximum Gasteiger partial charge on any atom is 0.187 e. The van der Waals surface area contributed by atoms with Gasteiger partial charge in [0.2, 0.25) is 0 Å². The number of hydrogen-bond acceptors (Lipinski definition) is 11. The Morgan fingerprint density at radius 2 is 1.16 bits per heavy atom. The summed E-state index contributed by atoms with van der Waals surface area (Å²) in [5, 5.41) is 70.8. The zero-order valence-corrected chi connectivity index (χ0v) is 22.3. The van der Waals surface area contributed by atoms with Crippen LogP contribution in [0.1, 0.15) is 84.5 Å². The zero-order chi connectivity index (χ0) is 27.4. The molecule has 7 unspecified atom stereocenters. The van der Waals surface area contributed by atoms with Crippen molar-refractivity contribution in [3.8, 4) is 0 Å². The smallest absolute Gasteiger partial charge is 0.187 e. The number of hydrogen-bond donors (Lipinski definition) is 7. The molecule has 2 heterocycles. The Morgan fingerprint density at radius 3 is 1.73 bits per heavy atom. The van der Waals surface area contributed by atoms with E-state index in [1.165, 1.54) is 44.9 Å². The van der Waals surface area contributed by atoms with E-state index in [1.54, 1.807) is 0 Å². The van der Waals surface area contributed by atoms with Crippen LogP contribution in [0.5, 0.6) is 0 Å². The Morgan fingerprint density at radius 1 is 0.622 bits per heavy atom. The van der Waals surface area contributed by atoms with Gasteiger partial charge in [-0.3, -0.25) is 0 Å². The van der Waals surface area contributed by atoms with Gasteiger partial charge >= 0.3 is 0 Å². The predicted octanol–water partition coefficient (Wildman–Crippen LogP) is 0.327. The molecule has 11 heteroatoms. The third-order valence-corrected chi connectivity index (χ3v) is 7.37. The standard InChI is InChI=1S/C26H50O11/c1-3-5-6-7-8-9-10-11-12-13-16(4-2)34-25-23(33)21(31)24(18(15-28)36-25)37-26-22(32)20(30)19(29)17(14-27)35-26/h16-33H,3-15H2,1-2H3/t16?,17?,18?,19-,20?,21?,22?,23?,24-,25-,26-/m1/s1. The summed E-state index contributed by atoms with van der Waals surface area (Å²) in [4.78, 5) is 0. The molecule has 0 bridgehead atoms. The van der Waals surface area contributed by atoms with Crippen LogP contribution in [0.3, 0.4) is 0 Å². The van der Waals surface area contributed by atoms with E-state index in [2.05, 4.69) is 6.92 Å². The molecule has 2 aliphatic rings. The van der Waals surface area contributed by atoms with Crippen LogP contribution >= 0.6 is 0 Å². The number of aliphatic hydroxyl groups excluding tert-OH is 7. The minimum atomic E-state index is -1.70. The second-order valence-electron chi connectivity index (χ2n) is 10.3. The molecule has 2 saturated heterocycles. The van der Waals surface area contributed by atoms with Gasteiger partial charge in [0.25, 0.3) is 0 Å². The normalized spacial score (nSPS) is 37.5. The Kier molecular flexibility index (Phi) is 15.3. The van der Waals surface area contributed by atoms with Gasteiger partial charge in [-0.15, -0.1) is 0 Å². The maximum atomic E-state index is 10.8. The van der Waals surface area contributed by atoms with Crippen LogP contribution in [0.25, 0.3) is 0 Å². The van der Waals surface area contributed by atoms with E-state index in [0.717, 1.165) is 19.3 Å². The van der Waals surface area contributed by atoms with Gasteiger partial charge in [-0.2, -0.15) is 0 Å². The monoisotopic (exact) mass is 538 g/mol. The largest absolute Gasteiger partial charge is 0.394 e. The van der Waals surface area contributed by atoms with Crippen molar-refractivity contribution in [2.24, 2.45) is 0 Å². The average Bonchev–Trinajstić information content (AvgIpc) is 2.90. The third kappa shape index (κ3) is 9.61. The highest BCUT2D eigenvalue weighted by Crippen LogP contribution is 2.30. The highest BCUT2D eigenvalue weighted by molar-refractivity contribution is 4.94. The molecule has 0 spiro atoms. The molecule has 220 valence electrons. The highest BCUT2D eigenvalue weighted by atomic mass is 16.7. The molecule has 0 amide bonds. The van der Waals surface area contributed by atoms with Gasteiger partial charge in [0.15, 0.2) is 12.6 Å². The summed E-state index contributed by atoms with van der Waals surface area (Å²) in [6.45, 7) is 2.96. The maximum absolute atomic E-state index is 10.8. The number of ether oxygens (including phenoxy) is 4. The Hall–Kier alpha value is -0.440. The second-order valence-corrected chi connectivity index (χ2v) is 10.3. The van der Waals surface area contributed by atoms with Gasteiger partial charge in [0, 0.05) is 0 Å². The van der Waals surface area contributed by atoms with Crippen molar-refractivity contribution in [3.05, 3.63) is 0 Å². The van der Waals surface area contributed by atoms with Crippen LogP contribution in [0, 0.1) is 0 Å². The summed E-state index contributed by atoms with van der Waals surface area (Å²) >= 11 is 0. The SMILES string of the molecule is CCCCCCCCCCCC(CC)O[C@@H]1OC(CO)[C@@H](O[C@H]2OC(CO)[C@@H](O)C(O)C2O)C(O)C1O. The van der Waals surface area contributed by atoms with Crippen molar-refractivity contribution in [1.29, 1.82) is 0 Å². The fourth-order valence-electron chi connectivity index (χ4n) is 4.91. The lowest BCUT2D eigenvalue weighted by Crippen LogP contribution is -2.64. The van der Waals surface area contributed by atoms with Crippen LogP contribution in [0.4, 0.5) is 0 Å². The number of aliphatic hydroxyl groups is 7. The lowest BCUT2D eigenvalue weighted by Gasteiger charge is -2.46. The molecule has 11 nitrogen and oxygen atoms in total. The first-order valence-corrected chi connectivity index (χ1v) is 14.0. The molecule has 0 saturated carbocycles. The Labute approximate surface area is 220 Å². The Balaban J connectivity index is 1.84. The first-order valence-electron chi connectivity index (χ1n) is 14.0. The van der Waals surface area contributed by atoms with Crippen LogP contribution in [-0.4, -0.2) is 116 Å². The third-order valence-electron chi connectivity index (χ3n) is 7.37. The molecule has 2 rings (SSSR count). The van der Waals surface area contributed by atoms with E-state index in [4.69, 9.17) is 18.9 Å². The summed E-state index contributed by atoms with van der Waals surface area (Å²) in [7, 11) is 0. The van der Waals surface area contributed by atoms with E-state index in [0.29, 0.717) is 6.42 Å². The molecular formula is C26H50O11. The Bertz CT molecular complexity index is 593. The summed E-state index contributed by atoms with van der Waals surface area (Å²) < 4.78 is 22.6. The van der Waals surface area contributed by atoms with Crippen LogP contribution in [0.15, 0.2) is 0 Å². The van der Waals surface area contributed by atoms with Gasteiger partial charge in [-0.1, -0.05) is 71.6 Å². The fraction of sp³-hybridized carbons (Fsp3) is 1.00. The molecule has 0 radical (unpaired) electrons. The number of rotatable bonds is 17. The fourth-order valence-corrected chi connectivity index (χ4v) is 4.91. The van der Waals surface area contributed by atoms with E-state index in [9.17, 15) is 35.7 Å². The first-order chi connectivity index (χ1) is 17.8. The summed E-state index contributed by atoms with van der Waals surface area (Å²) in [5.41, 5.74) is 0. The number of unbranched alkanes of at least 4 members (excludes halogenated alkanes) is 8. The van der Waals surface area contributed by atoms with Crippen LogP contribution < -0.4 is 0 Å². The van der Waals surface area contributed by atoms with Gasteiger partial charge in [-0.05, 0) is 12.8 Å². The van der Waals surface area contributed by atoms with Gasteiger partial charge in [-0.25, -0.2) is 0 Å². The molecule has 0 aromatic carbocycles. The van der Waals surface area contributed by atoms with Crippen molar-refractivity contribution in [2.45, 2.75) is 152 Å². The second kappa shape index (κ2) is 17.3. The van der Waals surface area contributed by atoms with E-state index >= 15 is 0 Å². The van der Waals surface area contributed by atoms with Gasteiger partial charge in [0.05, 0.1) is 19.3 Å². The van der Waals surface area contributed by atoms with Crippen molar-refractivity contribution < 1.29 is 54.7 Å². The van der Waals surface area contributed by atoms with Gasteiger partial charge in [0.1, 0.15) is 48.8 Å². The first kappa shape index (κ1) is 32.8. The van der Waals surface area contributed by atoms with Gasteiger partial charge < -0.3 is 54.7 Å². The summed E-state index contributed by atoms with van der Waals surface area (Å²) in [6.07, 6.45) is -2.23. The quantitative estimate of drug-likeness (QED) is 0.127. The van der Waals surface area contributed by atoms with Crippen molar-refractivity contribution in [1.82, 2.24) is 0 Å². The lowest BCUT2D eigenvalue weighted by molar-refractivity contribution is -0.362. The molecule has 2 fully saturated rings. The van der Waals surface area contributed by atoms with E-state index in [1.807, 2.05) is 6.92 Å². The van der Waals surface area contributed by atoms with Crippen molar-refractivity contribution >= 4 is 0 Å². The van der Waals surface area contributed by atoms with Crippen LogP contribution in [0.2, 0.25) is 0 Å². The molecule has 0 aromatic heterocycles. The zero-order valence-electron chi connectivity index (χ0n) is 22.3. The molecule has 37 heavy (non-hydrogen) atoms.